The molecular weight excluding hydrogens is 268 g/mol. The number of non-ortho nitro benzene ring substituents is 1. The summed E-state index contributed by atoms with van der Waals surface area (Å²) in [6.45, 7) is 0. The topological polar surface area (TPSA) is 64.4 Å². The van der Waals surface area contributed by atoms with Crippen LogP contribution >= 0.6 is 0 Å². The Hall–Kier alpha value is -1.78. The first-order chi connectivity index (χ1) is 10.2. The maximum atomic E-state index is 10.9. The number of nitrogens with zero attached hydrogens (tertiary/aromatic N) is 1. The van der Waals surface area contributed by atoms with E-state index in [-0.39, 0.29) is 10.6 Å². The van der Waals surface area contributed by atoms with E-state index in [2.05, 4.69) is 5.32 Å². The van der Waals surface area contributed by atoms with Gasteiger partial charge in [0, 0.05) is 18.2 Å². The van der Waals surface area contributed by atoms with Gasteiger partial charge in [0.05, 0.1) is 17.7 Å². The zero-order chi connectivity index (χ0) is 14.8. The van der Waals surface area contributed by atoms with Crippen LogP contribution in [0.3, 0.4) is 0 Å². The lowest BCUT2D eigenvalue weighted by atomic mass is 9.82. The molecule has 1 aromatic rings. The van der Waals surface area contributed by atoms with Crippen LogP contribution in [-0.2, 0) is 0 Å². The second-order valence-electron chi connectivity index (χ2n) is 6.25. The first-order valence-corrected chi connectivity index (χ1v) is 7.76. The highest BCUT2D eigenvalue weighted by molar-refractivity contribution is 5.62. The Morgan fingerprint density at radius 1 is 1.24 bits per heavy atom. The minimum Gasteiger partial charge on any atom is -0.495 e. The zero-order valence-electron chi connectivity index (χ0n) is 12.4. The van der Waals surface area contributed by atoms with Crippen molar-refractivity contribution in [2.75, 3.05) is 12.4 Å². The van der Waals surface area contributed by atoms with Crippen molar-refractivity contribution < 1.29 is 9.66 Å². The minimum absolute atomic E-state index is 0.104. The van der Waals surface area contributed by atoms with Gasteiger partial charge in [-0.25, -0.2) is 0 Å². The summed E-state index contributed by atoms with van der Waals surface area (Å²) >= 11 is 0. The van der Waals surface area contributed by atoms with Gasteiger partial charge in [0.2, 0.25) is 0 Å². The molecule has 1 N–H and O–H groups in total. The Labute approximate surface area is 124 Å². The molecule has 21 heavy (non-hydrogen) atoms. The van der Waals surface area contributed by atoms with Crippen molar-refractivity contribution in [2.24, 2.45) is 11.8 Å². The van der Waals surface area contributed by atoms with Gasteiger partial charge < -0.3 is 10.1 Å². The standard InChI is InChI=1S/C16H22N2O3/c1-21-16-8-7-14(18(19)20)10-15(16)17-13-4-2-3-12(9-13)11-5-6-11/h7-8,10-13,17H,2-6,9H2,1H3. The SMILES string of the molecule is COc1ccc([N+](=O)[O-])cc1NC1CCCC(C2CC2)C1. The molecule has 2 aliphatic carbocycles. The van der Waals surface area contributed by atoms with Crippen LogP contribution in [0.15, 0.2) is 18.2 Å². The van der Waals surface area contributed by atoms with Gasteiger partial charge in [0.1, 0.15) is 5.75 Å². The van der Waals surface area contributed by atoms with Crippen molar-refractivity contribution in [3.05, 3.63) is 28.3 Å². The Morgan fingerprint density at radius 3 is 2.71 bits per heavy atom. The maximum absolute atomic E-state index is 10.9. The van der Waals surface area contributed by atoms with Crippen molar-refractivity contribution in [1.82, 2.24) is 0 Å². The average molecular weight is 290 g/mol. The molecule has 0 aromatic heterocycles. The quantitative estimate of drug-likeness (QED) is 0.658. The molecule has 0 saturated heterocycles. The predicted octanol–water partition coefficient (Wildman–Crippen LogP) is 3.98. The number of rotatable bonds is 5. The highest BCUT2D eigenvalue weighted by Gasteiger charge is 2.34. The van der Waals surface area contributed by atoms with Crippen LogP contribution in [0.5, 0.6) is 5.75 Å². The number of nitro groups is 1. The van der Waals surface area contributed by atoms with E-state index in [0.717, 1.165) is 23.9 Å². The molecule has 0 amide bonds. The van der Waals surface area contributed by atoms with Gasteiger partial charge in [0.25, 0.3) is 5.69 Å². The number of ether oxygens (including phenoxy) is 1. The molecule has 0 heterocycles. The molecular formula is C16H22N2O3. The third-order valence-electron chi connectivity index (χ3n) is 4.76. The van der Waals surface area contributed by atoms with Crippen molar-refractivity contribution in [2.45, 2.75) is 44.6 Å². The minimum atomic E-state index is -0.363. The highest BCUT2D eigenvalue weighted by Crippen LogP contribution is 2.44. The number of methoxy groups -OCH3 is 1. The maximum Gasteiger partial charge on any atom is 0.271 e. The summed E-state index contributed by atoms with van der Waals surface area (Å²) < 4.78 is 5.32. The predicted molar refractivity (Wildman–Crippen MR) is 81.7 cm³/mol. The fourth-order valence-corrected chi connectivity index (χ4v) is 3.50. The van der Waals surface area contributed by atoms with Gasteiger partial charge in [0.15, 0.2) is 0 Å². The molecule has 0 radical (unpaired) electrons. The molecule has 5 heteroatoms. The molecule has 2 unspecified atom stereocenters. The number of nitrogens with one attached hydrogen (secondary N) is 1. The summed E-state index contributed by atoms with van der Waals surface area (Å²) in [6, 6.07) is 5.14. The normalized spacial score (nSPS) is 25.4. The van der Waals surface area contributed by atoms with Crippen LogP contribution in [0.25, 0.3) is 0 Å². The monoisotopic (exact) mass is 290 g/mol. The second-order valence-corrected chi connectivity index (χ2v) is 6.25. The Bertz CT molecular complexity index is 528. The van der Waals surface area contributed by atoms with Crippen molar-refractivity contribution in [1.29, 1.82) is 0 Å². The van der Waals surface area contributed by atoms with Crippen LogP contribution < -0.4 is 10.1 Å². The van der Waals surface area contributed by atoms with E-state index >= 15 is 0 Å². The third-order valence-corrected chi connectivity index (χ3v) is 4.76. The van der Waals surface area contributed by atoms with E-state index < -0.39 is 0 Å². The van der Waals surface area contributed by atoms with Crippen LogP contribution in [0.2, 0.25) is 0 Å². The fourth-order valence-electron chi connectivity index (χ4n) is 3.50. The number of benzene rings is 1. The van der Waals surface area contributed by atoms with E-state index in [1.807, 2.05) is 0 Å². The molecule has 2 aliphatic rings. The lowest BCUT2D eigenvalue weighted by molar-refractivity contribution is -0.384. The molecule has 2 fully saturated rings. The van der Waals surface area contributed by atoms with Gasteiger partial charge >= 0.3 is 0 Å². The van der Waals surface area contributed by atoms with Gasteiger partial charge in [-0.15, -0.1) is 0 Å². The molecule has 1 aromatic carbocycles. The molecule has 2 atom stereocenters. The van der Waals surface area contributed by atoms with Crippen LogP contribution in [0, 0.1) is 22.0 Å². The average Bonchev–Trinajstić information content (AvgIpc) is 3.32. The summed E-state index contributed by atoms with van der Waals surface area (Å²) in [5.74, 6) is 2.44. The number of hydrogen-bond donors (Lipinski definition) is 1. The van der Waals surface area contributed by atoms with Gasteiger partial charge in [-0.2, -0.15) is 0 Å². The summed E-state index contributed by atoms with van der Waals surface area (Å²) in [5.41, 5.74) is 0.848. The van der Waals surface area contributed by atoms with Gasteiger partial charge in [-0.3, -0.25) is 10.1 Å². The van der Waals surface area contributed by atoms with E-state index in [0.29, 0.717) is 11.8 Å². The first-order valence-electron chi connectivity index (χ1n) is 7.76. The lowest BCUT2D eigenvalue weighted by Crippen LogP contribution is -2.28. The molecule has 0 bridgehead atoms. The fraction of sp³-hybridized carbons (Fsp3) is 0.625. The highest BCUT2D eigenvalue weighted by atomic mass is 16.6. The molecule has 0 aliphatic heterocycles. The third kappa shape index (κ3) is 3.28. The number of nitro benzene ring substituents is 1. The van der Waals surface area contributed by atoms with E-state index in [1.165, 1.54) is 38.2 Å². The smallest absolute Gasteiger partial charge is 0.271 e. The number of anilines is 1. The molecule has 114 valence electrons. The summed E-state index contributed by atoms with van der Waals surface area (Å²) in [7, 11) is 1.60. The van der Waals surface area contributed by atoms with Crippen molar-refractivity contribution >= 4 is 11.4 Å². The summed E-state index contributed by atoms with van der Waals surface area (Å²) in [6.07, 6.45) is 7.67. The molecule has 2 saturated carbocycles. The Morgan fingerprint density at radius 2 is 2.05 bits per heavy atom. The van der Waals surface area contributed by atoms with Crippen LogP contribution in [-0.4, -0.2) is 18.1 Å². The molecule has 3 rings (SSSR count). The number of hydrogen-bond acceptors (Lipinski definition) is 4. The zero-order valence-corrected chi connectivity index (χ0v) is 12.4. The van der Waals surface area contributed by atoms with Crippen molar-refractivity contribution in [3.63, 3.8) is 0 Å². The van der Waals surface area contributed by atoms with E-state index in [1.54, 1.807) is 19.2 Å². The molecule has 5 nitrogen and oxygen atoms in total. The first kappa shape index (κ1) is 14.2. The van der Waals surface area contributed by atoms with Crippen LogP contribution in [0.1, 0.15) is 38.5 Å². The van der Waals surface area contributed by atoms with Crippen LogP contribution in [0.4, 0.5) is 11.4 Å². The lowest BCUT2D eigenvalue weighted by Gasteiger charge is -2.30. The van der Waals surface area contributed by atoms with Gasteiger partial charge in [-0.05, 0) is 43.6 Å². The summed E-state index contributed by atoms with van der Waals surface area (Å²) in [5, 5.41) is 14.4. The van der Waals surface area contributed by atoms with Crippen molar-refractivity contribution in [3.8, 4) is 5.75 Å². The molecule has 0 spiro atoms. The largest absolute Gasteiger partial charge is 0.495 e. The van der Waals surface area contributed by atoms with E-state index in [9.17, 15) is 10.1 Å². The Balaban J connectivity index is 1.73. The van der Waals surface area contributed by atoms with Gasteiger partial charge in [-0.1, -0.05) is 12.8 Å². The summed E-state index contributed by atoms with van der Waals surface area (Å²) in [4.78, 5) is 10.6. The Kier molecular flexibility index (Phi) is 3.99. The van der Waals surface area contributed by atoms with E-state index in [4.69, 9.17) is 4.74 Å². The second kappa shape index (κ2) is 5.92.